The summed E-state index contributed by atoms with van der Waals surface area (Å²) in [5, 5.41) is 5.54. The topological polar surface area (TPSA) is 12.0 Å². The van der Waals surface area contributed by atoms with E-state index in [1.54, 1.807) is 11.8 Å². The summed E-state index contributed by atoms with van der Waals surface area (Å²) in [5.41, 5.74) is 0. The van der Waals surface area contributed by atoms with Crippen molar-refractivity contribution in [3.8, 4) is 0 Å². The van der Waals surface area contributed by atoms with E-state index in [4.69, 9.17) is 23.2 Å². The molecule has 2 unspecified atom stereocenters. The number of hydrogen-bond donors (Lipinski definition) is 1. The van der Waals surface area contributed by atoms with Crippen LogP contribution >= 0.6 is 35.0 Å². The molecule has 102 valence electrons. The Bertz CT molecular complexity index is 371. The number of benzene rings is 1. The lowest BCUT2D eigenvalue weighted by Crippen LogP contribution is -2.29. The van der Waals surface area contributed by atoms with Crippen LogP contribution in [0.2, 0.25) is 10.0 Å². The molecule has 0 amide bonds. The van der Waals surface area contributed by atoms with Crippen molar-refractivity contribution in [1.82, 2.24) is 5.32 Å². The number of thioether (sulfide) groups is 1. The highest BCUT2D eigenvalue weighted by atomic mass is 35.5. The first kappa shape index (κ1) is 16.2. The number of nitrogens with one attached hydrogen (secondary N) is 1. The zero-order valence-electron chi connectivity index (χ0n) is 11.2. The van der Waals surface area contributed by atoms with Crippen molar-refractivity contribution >= 4 is 35.0 Å². The second kappa shape index (κ2) is 8.31. The van der Waals surface area contributed by atoms with E-state index in [1.165, 1.54) is 6.42 Å². The predicted octanol–water partition coefficient (Wildman–Crippen LogP) is 5.25. The van der Waals surface area contributed by atoms with Gasteiger partial charge in [0.15, 0.2) is 0 Å². The van der Waals surface area contributed by atoms with Crippen molar-refractivity contribution < 1.29 is 0 Å². The van der Waals surface area contributed by atoms with Crippen LogP contribution in [0.4, 0.5) is 0 Å². The maximum atomic E-state index is 6.17. The molecule has 0 spiro atoms. The van der Waals surface area contributed by atoms with Gasteiger partial charge in [0.25, 0.3) is 0 Å². The molecule has 2 atom stereocenters. The smallest absolute Gasteiger partial charge is 0.0542 e. The average molecular weight is 306 g/mol. The first-order chi connectivity index (χ1) is 8.52. The van der Waals surface area contributed by atoms with Crippen LogP contribution in [0.3, 0.4) is 0 Å². The Morgan fingerprint density at radius 3 is 2.67 bits per heavy atom. The molecule has 1 aromatic rings. The first-order valence-corrected chi connectivity index (χ1v) is 8.01. The summed E-state index contributed by atoms with van der Waals surface area (Å²) in [6.45, 7) is 7.72. The molecule has 0 aromatic heterocycles. The van der Waals surface area contributed by atoms with Crippen LogP contribution in [-0.2, 0) is 0 Å². The number of halogens is 2. The minimum Gasteiger partial charge on any atom is -0.314 e. The van der Waals surface area contributed by atoms with Gasteiger partial charge in [-0.15, -0.1) is 11.8 Å². The van der Waals surface area contributed by atoms with Gasteiger partial charge in [0, 0.05) is 21.2 Å². The zero-order valence-corrected chi connectivity index (χ0v) is 13.5. The van der Waals surface area contributed by atoms with Gasteiger partial charge in [0.2, 0.25) is 0 Å². The van der Waals surface area contributed by atoms with E-state index in [0.717, 1.165) is 27.9 Å². The number of hydrogen-bond acceptors (Lipinski definition) is 2. The molecule has 18 heavy (non-hydrogen) atoms. The van der Waals surface area contributed by atoms with Crippen molar-refractivity contribution in [2.45, 2.75) is 49.8 Å². The molecule has 0 heterocycles. The lowest BCUT2D eigenvalue weighted by molar-refractivity contribution is 0.513. The molecule has 4 heteroatoms. The fourth-order valence-electron chi connectivity index (χ4n) is 1.80. The second-order valence-electron chi connectivity index (χ2n) is 4.59. The molecule has 0 saturated heterocycles. The molecule has 1 N–H and O–H groups in total. The highest BCUT2D eigenvalue weighted by molar-refractivity contribution is 8.00. The molecule has 1 aromatic carbocycles. The van der Waals surface area contributed by atoms with Crippen molar-refractivity contribution in [3.63, 3.8) is 0 Å². The molecule has 0 radical (unpaired) electrons. The second-order valence-corrected chi connectivity index (χ2v) is 6.92. The van der Waals surface area contributed by atoms with E-state index in [0.29, 0.717) is 11.3 Å². The van der Waals surface area contributed by atoms with Gasteiger partial charge in [-0.3, -0.25) is 0 Å². The van der Waals surface area contributed by atoms with Crippen molar-refractivity contribution in [1.29, 1.82) is 0 Å². The fourth-order valence-corrected chi connectivity index (χ4v) is 3.49. The van der Waals surface area contributed by atoms with Gasteiger partial charge in [-0.25, -0.2) is 0 Å². The Morgan fingerprint density at radius 1 is 1.28 bits per heavy atom. The third-order valence-electron chi connectivity index (χ3n) is 2.65. The quantitative estimate of drug-likeness (QED) is 0.690. The van der Waals surface area contributed by atoms with E-state index in [1.807, 2.05) is 18.2 Å². The molecular weight excluding hydrogens is 285 g/mol. The Balaban J connectivity index is 2.48. The number of rotatable bonds is 7. The summed E-state index contributed by atoms with van der Waals surface area (Å²) in [7, 11) is 0. The highest BCUT2D eigenvalue weighted by Crippen LogP contribution is 2.33. The van der Waals surface area contributed by atoms with Gasteiger partial charge >= 0.3 is 0 Å². The Morgan fingerprint density at radius 2 is 2.00 bits per heavy atom. The van der Waals surface area contributed by atoms with E-state index < -0.39 is 0 Å². The lowest BCUT2D eigenvalue weighted by atomic mass is 10.2. The Kier molecular flexibility index (Phi) is 7.47. The Hall–Kier alpha value is 0.110. The van der Waals surface area contributed by atoms with Gasteiger partial charge in [0.1, 0.15) is 0 Å². The molecule has 0 bridgehead atoms. The molecular formula is C14H21Cl2NS. The van der Waals surface area contributed by atoms with Crippen molar-refractivity contribution in [2.75, 3.05) is 6.54 Å². The minimum absolute atomic E-state index is 0.514. The monoisotopic (exact) mass is 305 g/mol. The minimum atomic E-state index is 0.514. The molecule has 0 aliphatic rings. The van der Waals surface area contributed by atoms with Crippen LogP contribution in [-0.4, -0.2) is 17.8 Å². The SMILES string of the molecule is CCCNC(C)CC(C)Sc1cc(Cl)ccc1Cl. The first-order valence-electron chi connectivity index (χ1n) is 6.38. The van der Waals surface area contributed by atoms with Crippen molar-refractivity contribution in [3.05, 3.63) is 28.2 Å². The van der Waals surface area contributed by atoms with E-state index in [2.05, 4.69) is 26.1 Å². The lowest BCUT2D eigenvalue weighted by Gasteiger charge is -2.18. The summed E-state index contributed by atoms with van der Waals surface area (Å²) >= 11 is 13.9. The van der Waals surface area contributed by atoms with Crippen LogP contribution in [0.15, 0.2) is 23.1 Å². The van der Waals surface area contributed by atoms with Crippen LogP contribution < -0.4 is 5.32 Å². The third kappa shape index (κ3) is 5.83. The van der Waals surface area contributed by atoms with Gasteiger partial charge in [-0.05, 0) is 44.5 Å². The largest absolute Gasteiger partial charge is 0.314 e. The van der Waals surface area contributed by atoms with Gasteiger partial charge in [-0.1, -0.05) is 37.0 Å². The fraction of sp³-hybridized carbons (Fsp3) is 0.571. The van der Waals surface area contributed by atoms with Crippen LogP contribution in [0, 0.1) is 0 Å². The summed E-state index contributed by atoms with van der Waals surface area (Å²) in [5.74, 6) is 0. The molecule has 1 nitrogen and oxygen atoms in total. The predicted molar refractivity (Wildman–Crippen MR) is 84.2 cm³/mol. The van der Waals surface area contributed by atoms with Gasteiger partial charge in [-0.2, -0.15) is 0 Å². The van der Waals surface area contributed by atoms with Crippen LogP contribution in [0.1, 0.15) is 33.6 Å². The molecule has 0 aliphatic heterocycles. The normalized spacial score (nSPS) is 14.5. The van der Waals surface area contributed by atoms with Gasteiger partial charge in [0.05, 0.1) is 5.02 Å². The molecule has 0 saturated carbocycles. The summed E-state index contributed by atoms with van der Waals surface area (Å²) in [6.07, 6.45) is 2.29. The Labute approximate surface area is 125 Å². The zero-order chi connectivity index (χ0) is 13.5. The molecule has 0 aliphatic carbocycles. The van der Waals surface area contributed by atoms with E-state index in [9.17, 15) is 0 Å². The van der Waals surface area contributed by atoms with Crippen molar-refractivity contribution in [2.24, 2.45) is 0 Å². The third-order valence-corrected chi connectivity index (χ3v) is 4.51. The molecule has 0 fully saturated rings. The highest BCUT2D eigenvalue weighted by Gasteiger charge is 2.11. The van der Waals surface area contributed by atoms with Gasteiger partial charge < -0.3 is 5.32 Å². The van der Waals surface area contributed by atoms with E-state index >= 15 is 0 Å². The van der Waals surface area contributed by atoms with E-state index in [-0.39, 0.29) is 0 Å². The standard InChI is InChI=1S/C14H21Cl2NS/c1-4-7-17-10(2)8-11(3)18-14-9-12(15)5-6-13(14)16/h5-6,9-11,17H,4,7-8H2,1-3H3. The maximum Gasteiger partial charge on any atom is 0.0542 e. The molecule has 1 rings (SSSR count). The maximum absolute atomic E-state index is 6.17. The summed E-state index contributed by atoms with van der Waals surface area (Å²) in [6, 6.07) is 6.15. The van der Waals surface area contributed by atoms with Crippen LogP contribution in [0.5, 0.6) is 0 Å². The van der Waals surface area contributed by atoms with Crippen LogP contribution in [0.25, 0.3) is 0 Å². The summed E-state index contributed by atoms with van der Waals surface area (Å²) < 4.78 is 0. The average Bonchev–Trinajstić information content (AvgIpc) is 2.31. The summed E-state index contributed by atoms with van der Waals surface area (Å²) in [4.78, 5) is 1.07.